The lowest BCUT2D eigenvalue weighted by atomic mass is 9.92. The van der Waals surface area contributed by atoms with Crippen LogP contribution >= 0.6 is 0 Å². The summed E-state index contributed by atoms with van der Waals surface area (Å²) in [6.07, 6.45) is 5.56. The van der Waals surface area contributed by atoms with Crippen molar-refractivity contribution in [3.8, 4) is 5.69 Å². The van der Waals surface area contributed by atoms with Crippen LogP contribution in [0, 0.1) is 6.92 Å². The van der Waals surface area contributed by atoms with Gasteiger partial charge in [-0.3, -0.25) is 4.79 Å². The Hall–Kier alpha value is -2.83. The number of carbonyl (C=O) groups excluding carboxylic acids is 2. The van der Waals surface area contributed by atoms with E-state index < -0.39 is 0 Å². The largest absolute Gasteiger partial charge is 0.335 e. The zero-order chi connectivity index (χ0) is 23.3. The first-order valence-electron chi connectivity index (χ1n) is 11.7. The van der Waals surface area contributed by atoms with Crippen LogP contribution in [0.5, 0.6) is 0 Å². The molecule has 1 aliphatic carbocycles. The highest BCUT2D eigenvalue weighted by molar-refractivity contribution is 5.94. The number of hydrogen-bond acceptors (Lipinski definition) is 3. The summed E-state index contributed by atoms with van der Waals surface area (Å²) in [5, 5.41) is 10.8. The number of likely N-dealkylation sites (N-methyl/N-ethyl adjacent to an activating group) is 1. The van der Waals surface area contributed by atoms with Crippen LogP contribution in [0.4, 0.5) is 10.6 Å². The standard InChI is InChI=1S/C25H37N5O2/c1-6-29(24(32)26-19-12-8-7-9-13-19)17-23(31)27-22-16-21(25(3,4)5)28-30(22)20-14-10-11-18(2)15-20/h10-11,14-16,19H,6-9,12-13,17H2,1-5H3,(H,26,32)(H,27,31). The van der Waals surface area contributed by atoms with Crippen molar-refractivity contribution in [1.29, 1.82) is 0 Å². The van der Waals surface area contributed by atoms with Crippen LogP contribution in [0.2, 0.25) is 0 Å². The molecule has 1 heterocycles. The topological polar surface area (TPSA) is 79.3 Å². The van der Waals surface area contributed by atoms with Crippen LogP contribution in [-0.2, 0) is 10.2 Å². The van der Waals surface area contributed by atoms with E-state index in [2.05, 4.69) is 31.4 Å². The van der Waals surface area contributed by atoms with E-state index in [4.69, 9.17) is 5.10 Å². The zero-order valence-corrected chi connectivity index (χ0v) is 20.1. The molecule has 0 atom stereocenters. The fourth-order valence-electron chi connectivity index (χ4n) is 3.99. The fraction of sp³-hybridized carbons (Fsp3) is 0.560. The van der Waals surface area contributed by atoms with Crippen LogP contribution in [0.15, 0.2) is 30.3 Å². The lowest BCUT2D eigenvalue weighted by molar-refractivity contribution is -0.116. The van der Waals surface area contributed by atoms with Gasteiger partial charge in [0.25, 0.3) is 0 Å². The second-order valence-corrected chi connectivity index (χ2v) is 9.76. The zero-order valence-electron chi connectivity index (χ0n) is 20.1. The number of hydrogen-bond donors (Lipinski definition) is 2. The lowest BCUT2D eigenvalue weighted by Crippen LogP contribution is -2.48. The maximum absolute atomic E-state index is 12.9. The van der Waals surface area contributed by atoms with Gasteiger partial charge in [0.05, 0.1) is 11.4 Å². The molecule has 1 aromatic carbocycles. The molecular formula is C25H37N5O2. The number of carbonyl (C=O) groups is 2. The molecule has 0 aliphatic heterocycles. The summed E-state index contributed by atoms with van der Waals surface area (Å²) < 4.78 is 1.77. The van der Waals surface area contributed by atoms with Gasteiger partial charge in [0, 0.05) is 24.1 Å². The molecule has 174 valence electrons. The highest BCUT2D eigenvalue weighted by Gasteiger charge is 2.24. The van der Waals surface area contributed by atoms with E-state index >= 15 is 0 Å². The molecule has 3 amide bonds. The Labute approximate surface area is 191 Å². The number of amides is 3. The molecule has 1 aliphatic rings. The third kappa shape index (κ3) is 6.11. The molecule has 1 aromatic heterocycles. The summed E-state index contributed by atoms with van der Waals surface area (Å²) in [7, 11) is 0. The van der Waals surface area contributed by atoms with Gasteiger partial charge in [0.2, 0.25) is 5.91 Å². The summed E-state index contributed by atoms with van der Waals surface area (Å²) in [6, 6.07) is 9.97. The maximum atomic E-state index is 12.9. The molecular weight excluding hydrogens is 402 g/mol. The average Bonchev–Trinajstić information content (AvgIpc) is 3.17. The molecule has 0 bridgehead atoms. The monoisotopic (exact) mass is 439 g/mol. The van der Waals surface area contributed by atoms with Gasteiger partial charge in [-0.15, -0.1) is 0 Å². The fourth-order valence-corrected chi connectivity index (χ4v) is 3.99. The van der Waals surface area contributed by atoms with Crippen molar-refractivity contribution in [1.82, 2.24) is 20.0 Å². The van der Waals surface area contributed by atoms with Crippen LogP contribution in [0.25, 0.3) is 5.69 Å². The van der Waals surface area contributed by atoms with Crippen LogP contribution in [0.1, 0.15) is 71.1 Å². The van der Waals surface area contributed by atoms with E-state index in [0.29, 0.717) is 12.4 Å². The molecule has 7 heteroatoms. The second kappa shape index (κ2) is 10.2. The van der Waals surface area contributed by atoms with E-state index in [1.807, 2.05) is 44.2 Å². The van der Waals surface area contributed by atoms with Crippen molar-refractivity contribution in [3.63, 3.8) is 0 Å². The molecule has 3 rings (SSSR count). The summed E-state index contributed by atoms with van der Waals surface area (Å²) >= 11 is 0. The predicted molar refractivity (Wildman–Crippen MR) is 128 cm³/mol. The Morgan fingerprint density at radius 3 is 2.50 bits per heavy atom. The number of urea groups is 1. The van der Waals surface area contributed by atoms with Crippen LogP contribution in [0.3, 0.4) is 0 Å². The molecule has 1 fully saturated rings. The van der Waals surface area contributed by atoms with E-state index in [0.717, 1.165) is 42.6 Å². The number of aromatic nitrogens is 2. The van der Waals surface area contributed by atoms with Gasteiger partial charge in [-0.1, -0.05) is 52.2 Å². The predicted octanol–water partition coefficient (Wildman–Crippen LogP) is 4.78. The molecule has 0 spiro atoms. The SMILES string of the molecule is CCN(CC(=O)Nc1cc(C(C)(C)C)nn1-c1cccc(C)c1)C(=O)NC1CCCCC1. The quantitative estimate of drug-likeness (QED) is 0.680. The number of rotatable bonds is 6. The third-order valence-electron chi connectivity index (χ3n) is 5.93. The van der Waals surface area contributed by atoms with Crippen molar-refractivity contribution in [2.75, 3.05) is 18.4 Å². The van der Waals surface area contributed by atoms with E-state index in [9.17, 15) is 9.59 Å². The Morgan fingerprint density at radius 2 is 1.88 bits per heavy atom. The van der Waals surface area contributed by atoms with Gasteiger partial charge in [-0.2, -0.15) is 5.10 Å². The number of aryl methyl sites for hydroxylation is 1. The van der Waals surface area contributed by atoms with Gasteiger partial charge < -0.3 is 15.5 Å². The van der Waals surface area contributed by atoms with Gasteiger partial charge in [-0.25, -0.2) is 9.48 Å². The molecule has 7 nitrogen and oxygen atoms in total. The molecule has 2 N–H and O–H groups in total. The molecule has 0 radical (unpaired) electrons. The van der Waals surface area contributed by atoms with Gasteiger partial charge in [0.15, 0.2) is 0 Å². The van der Waals surface area contributed by atoms with E-state index in [1.165, 1.54) is 6.42 Å². The highest BCUT2D eigenvalue weighted by atomic mass is 16.2. The van der Waals surface area contributed by atoms with Crippen molar-refractivity contribution >= 4 is 17.8 Å². The van der Waals surface area contributed by atoms with Gasteiger partial charge >= 0.3 is 6.03 Å². The van der Waals surface area contributed by atoms with Gasteiger partial charge in [-0.05, 0) is 44.4 Å². The van der Waals surface area contributed by atoms with E-state index in [-0.39, 0.29) is 29.9 Å². The third-order valence-corrected chi connectivity index (χ3v) is 5.93. The smallest absolute Gasteiger partial charge is 0.318 e. The molecule has 0 unspecified atom stereocenters. The molecule has 0 saturated heterocycles. The number of nitrogens with zero attached hydrogens (tertiary/aromatic N) is 3. The highest BCUT2D eigenvalue weighted by Crippen LogP contribution is 2.26. The second-order valence-electron chi connectivity index (χ2n) is 9.76. The van der Waals surface area contributed by atoms with E-state index in [1.54, 1.807) is 9.58 Å². The molecule has 1 saturated carbocycles. The van der Waals surface area contributed by atoms with Crippen molar-refractivity contribution in [3.05, 3.63) is 41.6 Å². The maximum Gasteiger partial charge on any atom is 0.318 e. The minimum Gasteiger partial charge on any atom is -0.335 e. The minimum atomic E-state index is -0.236. The Balaban J connectivity index is 1.74. The first kappa shape index (κ1) is 23.8. The van der Waals surface area contributed by atoms with Crippen LogP contribution in [-0.4, -0.2) is 45.8 Å². The van der Waals surface area contributed by atoms with Crippen LogP contribution < -0.4 is 10.6 Å². The van der Waals surface area contributed by atoms with Crippen molar-refractivity contribution in [2.45, 2.75) is 78.2 Å². The number of nitrogens with one attached hydrogen (secondary N) is 2. The summed E-state index contributed by atoms with van der Waals surface area (Å²) in [5.41, 5.74) is 2.73. The first-order chi connectivity index (χ1) is 15.2. The molecule has 2 aromatic rings. The summed E-state index contributed by atoms with van der Waals surface area (Å²) in [6.45, 7) is 10.7. The van der Waals surface area contributed by atoms with Gasteiger partial charge in [0.1, 0.15) is 12.4 Å². The Morgan fingerprint density at radius 1 is 1.16 bits per heavy atom. The first-order valence-corrected chi connectivity index (χ1v) is 11.7. The lowest BCUT2D eigenvalue weighted by Gasteiger charge is -2.27. The van der Waals surface area contributed by atoms with Crippen molar-refractivity contribution < 1.29 is 9.59 Å². The molecule has 32 heavy (non-hydrogen) atoms. The average molecular weight is 440 g/mol. The summed E-state index contributed by atoms with van der Waals surface area (Å²) in [5.74, 6) is 0.370. The number of benzene rings is 1. The van der Waals surface area contributed by atoms with Crippen molar-refractivity contribution in [2.24, 2.45) is 0 Å². The summed E-state index contributed by atoms with van der Waals surface area (Å²) in [4.78, 5) is 27.2. The Kier molecular flexibility index (Phi) is 7.59. The normalized spacial score (nSPS) is 14.8. The Bertz CT molecular complexity index is 938. The minimum absolute atomic E-state index is 0.00109. The number of anilines is 1.